The van der Waals surface area contributed by atoms with E-state index in [1.165, 1.54) is 0 Å². The van der Waals surface area contributed by atoms with Crippen LogP contribution in [0.1, 0.15) is 25.7 Å². The van der Waals surface area contributed by atoms with Crippen molar-refractivity contribution in [3.63, 3.8) is 0 Å². The molecule has 1 aromatic carbocycles. The van der Waals surface area contributed by atoms with Crippen LogP contribution in [-0.4, -0.2) is 65.4 Å². The Kier molecular flexibility index (Phi) is 5.95. The Labute approximate surface area is 186 Å². The van der Waals surface area contributed by atoms with Gasteiger partial charge in [0.25, 0.3) is 0 Å². The third kappa shape index (κ3) is 4.42. The number of hydrogen-bond acceptors (Lipinski definition) is 9. The summed E-state index contributed by atoms with van der Waals surface area (Å²) in [4.78, 5) is 19.1. The van der Waals surface area contributed by atoms with Crippen molar-refractivity contribution in [3.8, 4) is 5.75 Å². The van der Waals surface area contributed by atoms with Crippen molar-refractivity contribution in [1.29, 1.82) is 0 Å². The zero-order chi connectivity index (χ0) is 21.9. The molecule has 2 aliphatic heterocycles. The molecule has 170 valence electrons. The number of nitrogens with two attached hydrogens (primary N) is 1. The Morgan fingerprint density at radius 3 is 2.75 bits per heavy atom. The molecular formula is C22H30N8O2. The lowest BCUT2D eigenvalue weighted by molar-refractivity contribution is 0.0904. The average molecular weight is 439 g/mol. The Balaban J connectivity index is 1.38. The van der Waals surface area contributed by atoms with E-state index >= 15 is 0 Å². The minimum atomic E-state index is 0.298. The number of ether oxygens (including phenoxy) is 2. The van der Waals surface area contributed by atoms with Crippen LogP contribution < -0.4 is 26.0 Å². The van der Waals surface area contributed by atoms with Gasteiger partial charge in [0.15, 0.2) is 11.5 Å². The molecular weight excluding hydrogens is 408 g/mol. The van der Waals surface area contributed by atoms with Crippen molar-refractivity contribution in [2.75, 3.05) is 48.9 Å². The number of anilines is 4. The molecule has 0 radical (unpaired) electrons. The minimum absolute atomic E-state index is 0.298. The molecule has 2 aliphatic rings. The number of nitrogens with one attached hydrogen (secondary N) is 3. The van der Waals surface area contributed by atoms with E-state index in [0.717, 1.165) is 80.4 Å². The molecule has 3 aromatic rings. The number of fused-ring (bicyclic) bond motifs is 1. The van der Waals surface area contributed by atoms with Crippen molar-refractivity contribution in [2.45, 2.75) is 37.8 Å². The van der Waals surface area contributed by atoms with Gasteiger partial charge in [-0.3, -0.25) is 0 Å². The summed E-state index contributed by atoms with van der Waals surface area (Å²) in [6.45, 7) is 3.42. The molecule has 0 saturated carbocycles. The quantitative estimate of drug-likeness (QED) is 0.459. The zero-order valence-corrected chi connectivity index (χ0v) is 18.3. The molecule has 10 heteroatoms. The van der Waals surface area contributed by atoms with Gasteiger partial charge in [0.05, 0.1) is 19.1 Å². The molecule has 2 aromatic heterocycles. The third-order valence-corrected chi connectivity index (χ3v) is 6.18. The van der Waals surface area contributed by atoms with E-state index in [-0.39, 0.29) is 0 Å². The molecule has 2 fully saturated rings. The van der Waals surface area contributed by atoms with Crippen molar-refractivity contribution in [1.82, 2.24) is 19.9 Å². The van der Waals surface area contributed by atoms with Crippen molar-refractivity contribution in [3.05, 3.63) is 24.5 Å². The Hall–Kier alpha value is -3.11. The van der Waals surface area contributed by atoms with Crippen LogP contribution in [0.2, 0.25) is 0 Å². The molecule has 0 amide bonds. The molecule has 0 bridgehead atoms. The van der Waals surface area contributed by atoms with Crippen LogP contribution in [0, 0.1) is 0 Å². The maximum atomic E-state index is 6.05. The fraction of sp³-hybridized carbons (Fsp3) is 0.500. The first kappa shape index (κ1) is 20.8. The second kappa shape index (κ2) is 9.17. The topological polar surface area (TPSA) is 126 Å². The highest BCUT2D eigenvalue weighted by atomic mass is 16.5. The summed E-state index contributed by atoms with van der Waals surface area (Å²) in [6.07, 6.45) is 5.53. The van der Waals surface area contributed by atoms with Gasteiger partial charge in [-0.05, 0) is 37.8 Å². The monoisotopic (exact) mass is 438 g/mol. The fourth-order valence-electron chi connectivity index (χ4n) is 4.29. The summed E-state index contributed by atoms with van der Waals surface area (Å²) < 4.78 is 11.1. The van der Waals surface area contributed by atoms with Crippen LogP contribution >= 0.6 is 0 Å². The summed E-state index contributed by atoms with van der Waals surface area (Å²) in [7, 11) is 1.67. The smallest absolute Gasteiger partial charge is 0.231 e. The standard InChI is InChI=1S/C22H30N8O2/c1-31-18-12-16(30-8-4-14(23)5-9-30)2-3-17(18)27-22-28-20-19(24-13-25-20)21(29-22)26-15-6-10-32-11-7-15/h2-3,12-15H,4-11,23H2,1H3,(H3,24,25,26,27,28,29). The number of imidazole rings is 1. The summed E-state index contributed by atoms with van der Waals surface area (Å²) in [5.41, 5.74) is 9.39. The van der Waals surface area contributed by atoms with E-state index in [2.05, 4.69) is 36.6 Å². The number of hydrogen-bond donors (Lipinski definition) is 4. The summed E-state index contributed by atoms with van der Waals surface area (Å²) in [6, 6.07) is 6.76. The van der Waals surface area contributed by atoms with Gasteiger partial charge in [-0.1, -0.05) is 0 Å². The maximum absolute atomic E-state index is 6.05. The molecule has 0 aliphatic carbocycles. The van der Waals surface area contributed by atoms with Crippen LogP contribution in [0.25, 0.3) is 11.2 Å². The SMILES string of the molecule is COc1cc(N2CCC(N)CC2)ccc1Nc1nc(NC2CCOCC2)c2[nH]cnc2n1. The van der Waals surface area contributed by atoms with E-state index in [1.54, 1.807) is 13.4 Å². The first-order valence-electron chi connectivity index (χ1n) is 11.2. The summed E-state index contributed by atoms with van der Waals surface area (Å²) >= 11 is 0. The number of aromatic amines is 1. The molecule has 10 nitrogen and oxygen atoms in total. The Bertz CT molecular complexity index is 1060. The van der Waals surface area contributed by atoms with E-state index < -0.39 is 0 Å². The Morgan fingerprint density at radius 1 is 1.16 bits per heavy atom. The number of piperidine rings is 1. The van der Waals surface area contributed by atoms with Crippen LogP contribution in [0.5, 0.6) is 5.75 Å². The van der Waals surface area contributed by atoms with Gasteiger partial charge >= 0.3 is 0 Å². The lowest BCUT2D eigenvalue weighted by Crippen LogP contribution is -2.39. The zero-order valence-electron chi connectivity index (χ0n) is 18.3. The van der Waals surface area contributed by atoms with Gasteiger partial charge < -0.3 is 35.7 Å². The van der Waals surface area contributed by atoms with Gasteiger partial charge in [-0.2, -0.15) is 9.97 Å². The number of benzene rings is 1. The number of methoxy groups -OCH3 is 1. The van der Waals surface area contributed by atoms with Crippen molar-refractivity contribution >= 4 is 34.3 Å². The van der Waals surface area contributed by atoms with E-state index in [9.17, 15) is 0 Å². The number of H-pyrrole nitrogens is 1. The number of nitrogens with zero attached hydrogens (tertiary/aromatic N) is 4. The molecule has 5 N–H and O–H groups in total. The summed E-state index contributed by atoms with van der Waals surface area (Å²) in [5.74, 6) is 1.94. The highest BCUT2D eigenvalue weighted by molar-refractivity contribution is 5.84. The first-order valence-corrected chi connectivity index (χ1v) is 11.2. The minimum Gasteiger partial charge on any atom is -0.494 e. The van der Waals surface area contributed by atoms with Gasteiger partial charge in [-0.15, -0.1) is 0 Å². The lowest BCUT2D eigenvalue weighted by atomic mass is 10.1. The molecule has 0 spiro atoms. The molecule has 0 unspecified atom stereocenters. The lowest BCUT2D eigenvalue weighted by Gasteiger charge is -2.32. The summed E-state index contributed by atoms with van der Waals surface area (Å²) in [5, 5.41) is 6.85. The van der Waals surface area contributed by atoms with Crippen LogP contribution in [0.15, 0.2) is 24.5 Å². The predicted octanol–water partition coefficient (Wildman–Crippen LogP) is 2.62. The van der Waals surface area contributed by atoms with Gasteiger partial charge in [0.1, 0.15) is 11.3 Å². The molecule has 5 rings (SSSR count). The van der Waals surface area contributed by atoms with Crippen LogP contribution in [0.4, 0.5) is 23.1 Å². The van der Waals surface area contributed by atoms with E-state index in [4.69, 9.17) is 20.2 Å². The molecule has 4 heterocycles. The molecule has 0 atom stereocenters. The largest absolute Gasteiger partial charge is 0.494 e. The van der Waals surface area contributed by atoms with Crippen molar-refractivity contribution < 1.29 is 9.47 Å². The van der Waals surface area contributed by atoms with Crippen LogP contribution in [-0.2, 0) is 4.74 Å². The molecule has 32 heavy (non-hydrogen) atoms. The normalized spacial score (nSPS) is 18.1. The number of aromatic nitrogens is 4. The highest BCUT2D eigenvalue weighted by Crippen LogP contribution is 2.33. The highest BCUT2D eigenvalue weighted by Gasteiger charge is 2.20. The average Bonchev–Trinajstić information content (AvgIpc) is 3.30. The van der Waals surface area contributed by atoms with Crippen LogP contribution in [0.3, 0.4) is 0 Å². The number of rotatable bonds is 6. The van der Waals surface area contributed by atoms with E-state index in [0.29, 0.717) is 23.7 Å². The third-order valence-electron chi connectivity index (χ3n) is 6.18. The second-order valence-corrected chi connectivity index (χ2v) is 8.36. The Morgan fingerprint density at radius 2 is 1.97 bits per heavy atom. The maximum Gasteiger partial charge on any atom is 0.231 e. The van der Waals surface area contributed by atoms with Gasteiger partial charge in [0, 0.05) is 50.1 Å². The molecule has 2 saturated heterocycles. The van der Waals surface area contributed by atoms with Gasteiger partial charge in [-0.25, -0.2) is 4.98 Å². The van der Waals surface area contributed by atoms with Crippen molar-refractivity contribution in [2.24, 2.45) is 5.73 Å². The predicted molar refractivity (Wildman–Crippen MR) is 125 cm³/mol. The van der Waals surface area contributed by atoms with E-state index in [1.807, 2.05) is 12.1 Å². The first-order chi connectivity index (χ1) is 15.7. The fourth-order valence-corrected chi connectivity index (χ4v) is 4.29. The second-order valence-electron chi connectivity index (χ2n) is 8.36. The van der Waals surface area contributed by atoms with Gasteiger partial charge in [0.2, 0.25) is 5.95 Å².